The summed E-state index contributed by atoms with van der Waals surface area (Å²) in [6.07, 6.45) is 1.59. The van der Waals surface area contributed by atoms with Gasteiger partial charge in [-0.15, -0.1) is 0 Å². The minimum absolute atomic E-state index is 0.168. The molecule has 0 aliphatic heterocycles. The second-order valence-electron chi connectivity index (χ2n) is 4.46. The van der Waals surface area contributed by atoms with E-state index in [0.29, 0.717) is 5.69 Å². The highest BCUT2D eigenvalue weighted by atomic mass is 32.1. The van der Waals surface area contributed by atoms with Gasteiger partial charge in [0.1, 0.15) is 5.69 Å². The Kier molecular flexibility index (Phi) is 4.09. The van der Waals surface area contributed by atoms with E-state index < -0.39 is 0 Å². The van der Waals surface area contributed by atoms with E-state index in [0.717, 1.165) is 15.9 Å². The smallest absolute Gasteiger partial charge is 0.296 e. The number of nitrogens with one attached hydrogen (secondary N) is 1. The van der Waals surface area contributed by atoms with Crippen LogP contribution in [0.5, 0.6) is 0 Å². The summed E-state index contributed by atoms with van der Waals surface area (Å²) >= 11 is 4.99. The van der Waals surface area contributed by atoms with Crippen LogP contribution in [-0.4, -0.2) is 35.2 Å². The van der Waals surface area contributed by atoms with Gasteiger partial charge in [0.15, 0.2) is 0 Å². The molecule has 0 saturated heterocycles. The summed E-state index contributed by atoms with van der Waals surface area (Å²) in [5.41, 5.74) is 1.97. The Labute approximate surface area is 121 Å². The van der Waals surface area contributed by atoms with E-state index in [-0.39, 0.29) is 10.3 Å². The summed E-state index contributed by atoms with van der Waals surface area (Å²) in [6.45, 7) is 1.60. The van der Waals surface area contributed by atoms with Crippen LogP contribution >= 0.6 is 12.2 Å². The van der Waals surface area contributed by atoms with Crippen molar-refractivity contribution in [2.24, 2.45) is 5.10 Å². The molecule has 1 aromatic heterocycles. The molecule has 0 radical (unpaired) electrons. The van der Waals surface area contributed by atoms with Crippen molar-refractivity contribution in [2.45, 2.75) is 6.92 Å². The fourth-order valence-electron chi connectivity index (χ4n) is 1.56. The first-order chi connectivity index (χ1) is 9.49. The lowest BCUT2D eigenvalue weighted by atomic mass is 10.2. The van der Waals surface area contributed by atoms with Crippen molar-refractivity contribution in [1.82, 2.24) is 14.9 Å². The predicted molar refractivity (Wildman–Crippen MR) is 82.2 cm³/mol. The third kappa shape index (κ3) is 3.00. The number of aromatic nitrogens is 3. The summed E-state index contributed by atoms with van der Waals surface area (Å²) in [6, 6.07) is 7.79. The molecule has 0 amide bonds. The monoisotopic (exact) mass is 289 g/mol. The number of nitrogens with zero attached hydrogens (tertiary/aromatic N) is 4. The Morgan fingerprint density at radius 1 is 1.35 bits per heavy atom. The van der Waals surface area contributed by atoms with Crippen molar-refractivity contribution in [3.63, 3.8) is 0 Å². The van der Waals surface area contributed by atoms with Gasteiger partial charge in [-0.3, -0.25) is 9.89 Å². The first-order valence-corrected chi connectivity index (χ1v) is 6.40. The van der Waals surface area contributed by atoms with Gasteiger partial charge in [-0.1, -0.05) is 12.1 Å². The number of H-pyrrole nitrogens is 1. The fourth-order valence-corrected chi connectivity index (χ4v) is 1.74. The first kappa shape index (κ1) is 14.1. The van der Waals surface area contributed by atoms with Crippen LogP contribution in [0.2, 0.25) is 0 Å². The number of hydrogen-bond donors (Lipinski definition) is 1. The van der Waals surface area contributed by atoms with E-state index in [2.05, 4.69) is 15.3 Å². The predicted octanol–water partition coefficient (Wildman–Crippen LogP) is 1.56. The number of rotatable bonds is 3. The van der Waals surface area contributed by atoms with Gasteiger partial charge in [0.05, 0.1) is 6.21 Å². The molecule has 104 valence electrons. The van der Waals surface area contributed by atoms with Crippen LogP contribution in [0.15, 0.2) is 34.2 Å². The molecule has 0 aliphatic carbocycles. The molecule has 1 heterocycles. The second-order valence-corrected chi connectivity index (χ2v) is 4.85. The Hall–Kier alpha value is -2.28. The summed E-state index contributed by atoms with van der Waals surface area (Å²) in [7, 11) is 3.95. The molecule has 0 saturated carbocycles. The SMILES string of the molecule is Cc1n[nH]c(=S)n(/N=C\c2ccc(N(C)C)cc2)c1=O. The van der Waals surface area contributed by atoms with E-state index in [1.165, 1.54) is 0 Å². The maximum Gasteiger partial charge on any atom is 0.296 e. The van der Waals surface area contributed by atoms with Crippen LogP contribution in [0.1, 0.15) is 11.3 Å². The van der Waals surface area contributed by atoms with Crippen molar-refractivity contribution >= 4 is 24.1 Å². The highest BCUT2D eigenvalue weighted by Crippen LogP contribution is 2.10. The maximum atomic E-state index is 11.8. The van der Waals surface area contributed by atoms with Gasteiger partial charge < -0.3 is 4.90 Å². The van der Waals surface area contributed by atoms with Crippen LogP contribution in [0.3, 0.4) is 0 Å². The number of anilines is 1. The third-order valence-electron chi connectivity index (χ3n) is 2.75. The topological polar surface area (TPSA) is 66.3 Å². The van der Waals surface area contributed by atoms with Crippen LogP contribution in [-0.2, 0) is 0 Å². The number of aryl methyl sites for hydroxylation is 1. The highest BCUT2D eigenvalue weighted by molar-refractivity contribution is 7.71. The van der Waals surface area contributed by atoms with Crippen molar-refractivity contribution in [3.05, 3.63) is 50.6 Å². The van der Waals surface area contributed by atoms with E-state index in [1.54, 1.807) is 13.1 Å². The van der Waals surface area contributed by atoms with Gasteiger partial charge in [0.25, 0.3) is 5.56 Å². The molecular formula is C13H15N5OS. The van der Waals surface area contributed by atoms with Gasteiger partial charge in [-0.25, -0.2) is 0 Å². The normalized spacial score (nSPS) is 10.9. The van der Waals surface area contributed by atoms with E-state index in [1.807, 2.05) is 43.3 Å². The molecule has 1 aromatic carbocycles. The lowest BCUT2D eigenvalue weighted by Crippen LogP contribution is -2.22. The Morgan fingerprint density at radius 2 is 2.00 bits per heavy atom. The van der Waals surface area contributed by atoms with Gasteiger partial charge in [0.2, 0.25) is 4.77 Å². The zero-order chi connectivity index (χ0) is 14.7. The standard InChI is InChI=1S/C13H15N5OS/c1-9-12(19)18(13(20)16-15-9)14-8-10-4-6-11(7-5-10)17(2)3/h4-8H,1-3H3,(H,16,20)/b14-8-. The molecule has 0 spiro atoms. The van der Waals surface area contributed by atoms with Gasteiger partial charge in [0, 0.05) is 19.8 Å². The molecule has 0 bridgehead atoms. The molecule has 2 rings (SSSR count). The zero-order valence-corrected chi connectivity index (χ0v) is 12.3. The van der Waals surface area contributed by atoms with Gasteiger partial charge in [-0.2, -0.15) is 14.9 Å². The Balaban J connectivity index is 2.33. The molecule has 6 nitrogen and oxygen atoms in total. The largest absolute Gasteiger partial charge is 0.378 e. The number of benzene rings is 1. The average Bonchev–Trinajstić information content (AvgIpc) is 2.43. The van der Waals surface area contributed by atoms with Gasteiger partial charge >= 0.3 is 0 Å². The molecule has 0 fully saturated rings. The summed E-state index contributed by atoms with van der Waals surface area (Å²) in [5.74, 6) is 0. The third-order valence-corrected chi connectivity index (χ3v) is 3.01. The van der Waals surface area contributed by atoms with E-state index in [4.69, 9.17) is 12.2 Å². The molecule has 0 aliphatic rings. The molecule has 0 unspecified atom stereocenters. The maximum absolute atomic E-state index is 11.8. The summed E-state index contributed by atoms with van der Waals surface area (Å²) in [5, 5.41) is 10.5. The summed E-state index contributed by atoms with van der Waals surface area (Å²) in [4.78, 5) is 13.9. The van der Waals surface area contributed by atoms with Crippen molar-refractivity contribution in [2.75, 3.05) is 19.0 Å². The molecule has 20 heavy (non-hydrogen) atoms. The van der Waals surface area contributed by atoms with Gasteiger partial charge in [-0.05, 0) is 36.8 Å². The van der Waals surface area contributed by atoms with Crippen LogP contribution in [0.25, 0.3) is 0 Å². The lowest BCUT2D eigenvalue weighted by Gasteiger charge is -2.11. The minimum atomic E-state index is -0.324. The van der Waals surface area contributed by atoms with E-state index in [9.17, 15) is 4.79 Å². The highest BCUT2D eigenvalue weighted by Gasteiger charge is 2.01. The quantitative estimate of drug-likeness (QED) is 0.688. The zero-order valence-electron chi connectivity index (χ0n) is 11.5. The molecule has 1 N–H and O–H groups in total. The van der Waals surface area contributed by atoms with Crippen molar-refractivity contribution < 1.29 is 0 Å². The Morgan fingerprint density at radius 3 is 2.60 bits per heavy atom. The van der Waals surface area contributed by atoms with Crippen LogP contribution in [0.4, 0.5) is 5.69 Å². The molecule has 0 atom stereocenters. The van der Waals surface area contributed by atoms with Crippen LogP contribution in [0, 0.1) is 11.7 Å². The molecule has 2 aromatic rings. The summed E-state index contributed by atoms with van der Waals surface area (Å²) < 4.78 is 1.29. The number of hydrogen-bond acceptors (Lipinski definition) is 5. The van der Waals surface area contributed by atoms with E-state index >= 15 is 0 Å². The molecular weight excluding hydrogens is 274 g/mol. The Bertz CT molecular complexity index is 743. The average molecular weight is 289 g/mol. The molecule has 7 heteroatoms. The lowest BCUT2D eigenvalue weighted by molar-refractivity contribution is 0.720. The van der Waals surface area contributed by atoms with Crippen LogP contribution < -0.4 is 10.5 Å². The minimum Gasteiger partial charge on any atom is -0.378 e. The number of aromatic amines is 1. The first-order valence-electron chi connectivity index (χ1n) is 5.99. The second kappa shape index (κ2) is 5.79. The fraction of sp³-hybridized carbons (Fsp3) is 0.231. The van der Waals surface area contributed by atoms with Crippen molar-refractivity contribution in [3.8, 4) is 0 Å². The van der Waals surface area contributed by atoms with Crippen molar-refractivity contribution in [1.29, 1.82) is 0 Å².